The molecule has 2 aliphatic rings. The second-order valence-corrected chi connectivity index (χ2v) is 22.5. The number of likely N-dealkylation sites (tertiary alicyclic amines) is 1. The third-order valence-corrected chi connectivity index (χ3v) is 15.2. The van der Waals surface area contributed by atoms with Crippen molar-refractivity contribution in [3.8, 4) is 16.2 Å². The number of β-amino-alcohol motifs (C(OH)–C–C–N with tert-alkyl or cyclic N) is 1. The summed E-state index contributed by atoms with van der Waals surface area (Å²) in [6.45, 7) is 12.3. The maximum absolute atomic E-state index is 14.0. The Morgan fingerprint density at radius 3 is 2.38 bits per heavy atom. The van der Waals surface area contributed by atoms with Crippen LogP contribution < -0.4 is 35.2 Å². The molecule has 3 atom stereocenters. The first-order valence-electron chi connectivity index (χ1n) is 24.2. The van der Waals surface area contributed by atoms with Crippen molar-refractivity contribution in [3.63, 3.8) is 0 Å². The van der Waals surface area contributed by atoms with Gasteiger partial charge in [0.2, 0.25) is 33.7 Å². The SMILES string of the molecule is COc1cc(N2CCN(CCOCCOCC(=O)N[C@H](C(=O)N3C[C@H](O)C[C@@H]3C(=O)NCc3ccc(-c4scnc4C)cc3)C(C)(C)C)CC2)ccc1Nc1ncc(Cl)c(Nc2ccccc2N(C)S(C)(=O)=O)n1. The zero-order valence-electron chi connectivity index (χ0n) is 42.8. The van der Waals surface area contributed by atoms with Crippen LogP contribution in [-0.2, 0) is 40.4 Å². The largest absolute Gasteiger partial charge is 0.494 e. The second kappa shape index (κ2) is 24.9. The Balaban J connectivity index is 0.807. The fraction of sp³-hybridized carbons (Fsp3) is 0.451. The molecule has 0 spiro atoms. The average Bonchev–Trinajstić information content (AvgIpc) is 4.00. The van der Waals surface area contributed by atoms with Crippen LogP contribution in [0.1, 0.15) is 38.4 Å². The topological polar surface area (TPSA) is 233 Å². The van der Waals surface area contributed by atoms with Gasteiger partial charge >= 0.3 is 0 Å². The first-order valence-corrected chi connectivity index (χ1v) is 27.3. The molecular formula is C51H66ClN11O9S2. The molecule has 3 aromatic carbocycles. The predicted molar refractivity (Wildman–Crippen MR) is 288 cm³/mol. The Hall–Kier alpha value is -6.14. The normalized spacial score (nSPS) is 16.7. The van der Waals surface area contributed by atoms with Gasteiger partial charge in [-0.1, -0.05) is 68.8 Å². The quantitative estimate of drug-likeness (QED) is 0.0545. The number of piperazine rings is 1. The smallest absolute Gasteiger partial charge is 0.246 e. The third kappa shape index (κ3) is 14.6. The average molecular weight is 1080 g/mol. The first-order chi connectivity index (χ1) is 35.3. The zero-order chi connectivity index (χ0) is 53.2. The highest BCUT2D eigenvalue weighted by atomic mass is 35.5. The summed E-state index contributed by atoms with van der Waals surface area (Å²) >= 11 is 8.04. The number of para-hydroxylation sites is 2. The Morgan fingerprint density at radius 2 is 1.69 bits per heavy atom. The maximum Gasteiger partial charge on any atom is 0.246 e. The number of aliphatic hydroxyl groups excluding tert-OH is 1. The monoisotopic (exact) mass is 1080 g/mol. The molecule has 20 nitrogen and oxygen atoms in total. The minimum absolute atomic E-state index is 0.0205. The molecule has 7 rings (SSSR count). The van der Waals surface area contributed by atoms with Crippen LogP contribution in [0.4, 0.5) is 34.5 Å². The number of halogens is 1. The lowest BCUT2D eigenvalue weighted by atomic mass is 9.85. The lowest BCUT2D eigenvalue weighted by Gasteiger charge is -2.36. The Bertz CT molecular complexity index is 2840. The number of hydrogen-bond acceptors (Lipinski definition) is 17. The van der Waals surface area contributed by atoms with E-state index in [0.29, 0.717) is 29.4 Å². The Kier molecular flexibility index (Phi) is 18.7. The fourth-order valence-electron chi connectivity index (χ4n) is 8.57. The summed E-state index contributed by atoms with van der Waals surface area (Å²) in [6.07, 6.45) is 1.80. The van der Waals surface area contributed by atoms with E-state index in [9.17, 15) is 27.9 Å². The van der Waals surface area contributed by atoms with E-state index in [0.717, 1.165) is 66.4 Å². The van der Waals surface area contributed by atoms with Gasteiger partial charge < -0.3 is 50.4 Å². The van der Waals surface area contributed by atoms with Crippen molar-refractivity contribution in [1.29, 1.82) is 0 Å². The maximum atomic E-state index is 14.0. The standard InChI is InChI=1S/C51H66ClN11O9S2/c1-33-45(73-32-55-33)35-14-12-34(13-15-35)28-53-48(66)42-27-37(64)30-63(42)49(67)46(51(2,3)4)58-44(65)31-72-25-24-71-23-22-61-18-20-62(21-19-61)36-16-17-40(43(26-36)70-6)57-50-54-29-38(52)47(59-50)56-39-10-8-9-11-41(39)60(5)74(7,68)69/h8-17,26,29,32,37,42,46,64H,18-25,27-28,30-31H2,1-7H3,(H,53,66)(H,58,65)(H2,54,56,57,59)/t37-,42-,46-/m1/s1. The van der Waals surface area contributed by atoms with Gasteiger partial charge in [0.15, 0.2) is 5.82 Å². The van der Waals surface area contributed by atoms with E-state index in [-0.39, 0.29) is 62.0 Å². The number of sulfonamides is 1. The van der Waals surface area contributed by atoms with Crippen LogP contribution in [0, 0.1) is 12.3 Å². The van der Waals surface area contributed by atoms with Gasteiger partial charge in [-0.2, -0.15) is 4.98 Å². The number of ether oxygens (including phenoxy) is 3. The molecule has 0 bridgehead atoms. The highest BCUT2D eigenvalue weighted by Gasteiger charge is 2.44. The molecule has 2 saturated heterocycles. The van der Waals surface area contributed by atoms with Crippen LogP contribution >= 0.6 is 22.9 Å². The molecule has 0 aliphatic carbocycles. The molecule has 2 fully saturated rings. The first kappa shape index (κ1) is 55.6. The third-order valence-electron chi connectivity index (χ3n) is 12.8. The summed E-state index contributed by atoms with van der Waals surface area (Å²) < 4.78 is 43.0. The molecular weight excluding hydrogens is 1010 g/mol. The Morgan fingerprint density at radius 1 is 0.959 bits per heavy atom. The molecule has 5 aromatic rings. The van der Waals surface area contributed by atoms with Crippen molar-refractivity contribution < 1.29 is 42.1 Å². The van der Waals surface area contributed by atoms with Crippen molar-refractivity contribution >= 4 is 85.2 Å². The van der Waals surface area contributed by atoms with E-state index in [2.05, 4.69) is 46.0 Å². The number of carbonyl (C=O) groups is 3. The van der Waals surface area contributed by atoms with E-state index in [4.69, 9.17) is 25.8 Å². The predicted octanol–water partition coefficient (Wildman–Crippen LogP) is 5.42. The van der Waals surface area contributed by atoms with E-state index >= 15 is 0 Å². The van der Waals surface area contributed by atoms with Crippen molar-refractivity contribution in [2.75, 3.05) is 106 Å². The summed E-state index contributed by atoms with van der Waals surface area (Å²) in [7, 11) is -0.460. The van der Waals surface area contributed by atoms with Gasteiger partial charge in [-0.05, 0) is 47.7 Å². The fourth-order valence-corrected chi connectivity index (χ4v) is 10.0. The molecule has 0 radical (unpaired) electrons. The number of amides is 3. The number of thiazole rings is 1. The van der Waals surface area contributed by atoms with E-state index in [1.807, 2.05) is 75.7 Å². The van der Waals surface area contributed by atoms with Crippen LogP contribution in [0.15, 0.2) is 78.4 Å². The summed E-state index contributed by atoms with van der Waals surface area (Å²) in [5.74, 6) is -0.176. The lowest BCUT2D eigenvalue weighted by molar-refractivity contribution is -0.144. The van der Waals surface area contributed by atoms with E-state index < -0.39 is 45.4 Å². The molecule has 23 heteroatoms. The van der Waals surface area contributed by atoms with Gasteiger partial charge in [0.05, 0.1) is 78.6 Å². The van der Waals surface area contributed by atoms with Gasteiger partial charge in [-0.25, -0.2) is 18.4 Å². The molecule has 0 saturated carbocycles. The molecule has 2 aromatic heterocycles. The number of methoxy groups -OCH3 is 1. The van der Waals surface area contributed by atoms with Crippen molar-refractivity contribution in [2.24, 2.45) is 5.41 Å². The molecule has 2 aliphatic heterocycles. The second-order valence-electron chi connectivity index (χ2n) is 19.2. The van der Waals surface area contributed by atoms with Crippen LogP contribution in [0.5, 0.6) is 5.75 Å². The van der Waals surface area contributed by atoms with Crippen LogP contribution in [0.25, 0.3) is 10.4 Å². The summed E-state index contributed by atoms with van der Waals surface area (Å²) in [6, 6.07) is 18.8. The number of nitrogens with zero attached hydrogens (tertiary/aromatic N) is 7. The number of benzene rings is 3. The number of anilines is 6. The highest BCUT2D eigenvalue weighted by molar-refractivity contribution is 7.92. The number of carbonyl (C=O) groups excluding carboxylic acids is 3. The van der Waals surface area contributed by atoms with Crippen LogP contribution in [0.2, 0.25) is 5.02 Å². The number of nitrogens with one attached hydrogen (secondary N) is 4. The summed E-state index contributed by atoms with van der Waals surface area (Å²) in [5.41, 5.74) is 6.55. The minimum Gasteiger partial charge on any atom is -0.494 e. The zero-order valence-corrected chi connectivity index (χ0v) is 45.1. The van der Waals surface area contributed by atoms with Gasteiger partial charge in [0, 0.05) is 71.0 Å². The molecule has 0 unspecified atom stereocenters. The Labute approximate surface area is 441 Å². The van der Waals surface area contributed by atoms with Gasteiger partial charge in [-0.3, -0.25) is 23.6 Å². The molecule has 74 heavy (non-hydrogen) atoms. The van der Waals surface area contributed by atoms with Gasteiger partial charge in [0.1, 0.15) is 29.5 Å². The van der Waals surface area contributed by atoms with E-state index in [1.54, 1.807) is 42.7 Å². The summed E-state index contributed by atoms with van der Waals surface area (Å²) in [4.78, 5) is 60.9. The van der Waals surface area contributed by atoms with E-state index in [1.165, 1.54) is 22.4 Å². The van der Waals surface area contributed by atoms with Gasteiger partial charge in [0.25, 0.3) is 0 Å². The van der Waals surface area contributed by atoms with Crippen molar-refractivity contribution in [2.45, 2.75) is 58.8 Å². The minimum atomic E-state index is -3.52. The number of aliphatic hydroxyl groups is 1. The number of aryl methyl sites for hydroxylation is 1. The number of rotatable bonds is 22. The summed E-state index contributed by atoms with van der Waals surface area (Å²) in [5, 5.41) is 22.9. The molecule has 4 heterocycles. The van der Waals surface area contributed by atoms with Crippen molar-refractivity contribution in [1.82, 2.24) is 35.4 Å². The van der Waals surface area contributed by atoms with Gasteiger partial charge in [-0.15, -0.1) is 11.3 Å². The number of aromatic nitrogens is 3. The number of hydrogen-bond donors (Lipinski definition) is 5. The molecule has 3 amide bonds. The van der Waals surface area contributed by atoms with Crippen LogP contribution in [0.3, 0.4) is 0 Å². The van der Waals surface area contributed by atoms with Crippen LogP contribution in [-0.4, -0.2) is 160 Å². The molecule has 5 N–H and O–H groups in total. The molecule has 398 valence electrons. The van der Waals surface area contributed by atoms with Crippen molar-refractivity contribution in [3.05, 3.63) is 94.7 Å². The lowest BCUT2D eigenvalue weighted by Crippen LogP contribution is -2.58. The highest BCUT2D eigenvalue weighted by Crippen LogP contribution is 2.35.